The highest BCUT2D eigenvalue weighted by Crippen LogP contribution is 2.18. The fourth-order valence-electron chi connectivity index (χ4n) is 2.87. The second-order valence-corrected chi connectivity index (χ2v) is 6.14. The summed E-state index contributed by atoms with van der Waals surface area (Å²) in [6.45, 7) is 4.65. The van der Waals surface area contributed by atoms with Gasteiger partial charge in [0.15, 0.2) is 6.29 Å². The number of hydrogen-bond donors (Lipinski definition) is 3. The minimum Gasteiger partial charge on any atom is -0.364 e. The molecule has 3 rings (SSSR count). The molecule has 2 heterocycles. The Bertz CT molecular complexity index is 845. The highest BCUT2D eigenvalue weighted by atomic mass is 16.5. The zero-order valence-electron chi connectivity index (χ0n) is 14.8. The normalized spacial score (nSPS) is 11.2. The highest BCUT2D eigenvalue weighted by Gasteiger charge is 2.08. The van der Waals surface area contributed by atoms with Gasteiger partial charge in [-0.1, -0.05) is 31.2 Å². The first-order valence-electron chi connectivity index (χ1n) is 8.79. The Balaban J connectivity index is 1.55. The Morgan fingerprint density at radius 1 is 1.08 bits per heavy atom. The van der Waals surface area contributed by atoms with E-state index in [9.17, 15) is 10.2 Å². The zero-order valence-corrected chi connectivity index (χ0v) is 14.8. The second-order valence-electron chi connectivity index (χ2n) is 6.14. The second kappa shape index (κ2) is 8.71. The summed E-state index contributed by atoms with van der Waals surface area (Å²) in [5.41, 5.74) is 4.45. The molecule has 1 aromatic carbocycles. The number of aliphatic hydroxyl groups excluding tert-OH is 1. The lowest BCUT2D eigenvalue weighted by atomic mass is 10.1. The van der Waals surface area contributed by atoms with E-state index in [1.54, 1.807) is 24.7 Å². The lowest BCUT2D eigenvalue weighted by Crippen LogP contribution is -2.19. The van der Waals surface area contributed by atoms with Crippen LogP contribution in [0, 0.1) is 0 Å². The summed E-state index contributed by atoms with van der Waals surface area (Å²) in [6, 6.07) is 11.7. The molecule has 0 aliphatic carbocycles. The molecular formula is C20H24N4O2. The molecule has 0 saturated carbocycles. The lowest BCUT2D eigenvalue weighted by molar-refractivity contribution is -0.0425. The molecule has 0 aliphatic heterocycles. The number of aryl methyl sites for hydroxylation is 1. The van der Waals surface area contributed by atoms with Crippen molar-refractivity contribution in [2.75, 3.05) is 6.54 Å². The van der Waals surface area contributed by atoms with E-state index in [1.165, 1.54) is 11.1 Å². The molecule has 3 aromatic rings. The van der Waals surface area contributed by atoms with Gasteiger partial charge >= 0.3 is 0 Å². The molecular weight excluding hydrogens is 328 g/mol. The van der Waals surface area contributed by atoms with Gasteiger partial charge in [-0.2, -0.15) is 0 Å². The maximum Gasteiger partial charge on any atom is 0.178 e. The summed E-state index contributed by atoms with van der Waals surface area (Å²) in [5.74, 6) is 0. The van der Waals surface area contributed by atoms with Crippen molar-refractivity contribution in [1.82, 2.24) is 19.9 Å². The molecule has 0 atom stereocenters. The number of imidazole rings is 1. The van der Waals surface area contributed by atoms with Crippen LogP contribution in [0.15, 0.2) is 55.1 Å². The topological polar surface area (TPSA) is 83.2 Å². The Kier molecular flexibility index (Phi) is 6.12. The molecule has 26 heavy (non-hydrogen) atoms. The molecule has 0 radical (unpaired) electrons. The third-order valence-corrected chi connectivity index (χ3v) is 4.34. The average molecular weight is 352 g/mol. The van der Waals surface area contributed by atoms with Crippen LogP contribution < -0.4 is 5.32 Å². The third-order valence-electron chi connectivity index (χ3n) is 4.34. The first-order chi connectivity index (χ1) is 12.7. The van der Waals surface area contributed by atoms with Gasteiger partial charge in [0.2, 0.25) is 0 Å². The van der Waals surface area contributed by atoms with E-state index in [4.69, 9.17) is 0 Å². The molecule has 6 nitrogen and oxygen atoms in total. The van der Waals surface area contributed by atoms with E-state index >= 15 is 0 Å². The van der Waals surface area contributed by atoms with Crippen molar-refractivity contribution < 1.29 is 10.2 Å². The van der Waals surface area contributed by atoms with Crippen LogP contribution in [0.2, 0.25) is 0 Å². The first kappa shape index (κ1) is 18.3. The van der Waals surface area contributed by atoms with Crippen LogP contribution in [0.4, 0.5) is 0 Å². The predicted molar refractivity (Wildman–Crippen MR) is 100 cm³/mol. The van der Waals surface area contributed by atoms with E-state index in [0.29, 0.717) is 17.0 Å². The van der Waals surface area contributed by atoms with Gasteiger partial charge in [-0.3, -0.25) is 4.98 Å². The van der Waals surface area contributed by atoms with Crippen LogP contribution in [-0.4, -0.2) is 31.3 Å². The van der Waals surface area contributed by atoms with Crippen molar-refractivity contribution in [3.8, 4) is 11.4 Å². The summed E-state index contributed by atoms with van der Waals surface area (Å²) in [5, 5.41) is 22.0. The Morgan fingerprint density at radius 3 is 2.65 bits per heavy atom. The van der Waals surface area contributed by atoms with Gasteiger partial charge in [-0.15, -0.1) is 0 Å². The number of nitrogens with one attached hydrogen (secondary N) is 1. The Labute approximate surface area is 153 Å². The molecule has 0 saturated heterocycles. The van der Waals surface area contributed by atoms with E-state index in [0.717, 1.165) is 26.1 Å². The number of benzene rings is 1. The summed E-state index contributed by atoms with van der Waals surface area (Å²) < 4.78 is 2.00. The molecule has 0 aliphatic rings. The molecule has 3 N–H and O–H groups in total. The fraction of sp³-hybridized carbons (Fsp3) is 0.300. The van der Waals surface area contributed by atoms with E-state index in [1.807, 2.05) is 10.8 Å². The minimum atomic E-state index is -1.51. The zero-order chi connectivity index (χ0) is 18.4. The molecule has 6 heteroatoms. The van der Waals surface area contributed by atoms with Crippen LogP contribution >= 0.6 is 0 Å². The van der Waals surface area contributed by atoms with Gasteiger partial charge in [-0.05, 0) is 29.7 Å². The molecule has 0 fully saturated rings. The van der Waals surface area contributed by atoms with Crippen LogP contribution in [0.25, 0.3) is 11.4 Å². The van der Waals surface area contributed by atoms with Gasteiger partial charge in [0.25, 0.3) is 0 Å². The first-order valence-corrected chi connectivity index (χ1v) is 8.79. The Morgan fingerprint density at radius 2 is 1.88 bits per heavy atom. The standard InChI is InChI=1S/C20H24N4O2/c1-2-15-5-3-4-6-17(15)12-21-9-10-24-13-19(23-14-24)18-11-16(20(25)26)7-8-22-18/h3-8,11,13-14,20-21,25-26H,2,9-10,12H2,1H3. The summed E-state index contributed by atoms with van der Waals surface area (Å²) in [4.78, 5) is 8.61. The molecule has 0 bridgehead atoms. The summed E-state index contributed by atoms with van der Waals surface area (Å²) >= 11 is 0. The van der Waals surface area contributed by atoms with E-state index in [2.05, 4.69) is 46.5 Å². The maximum atomic E-state index is 9.27. The summed E-state index contributed by atoms with van der Waals surface area (Å²) in [6.07, 6.45) is 4.76. The van der Waals surface area contributed by atoms with Gasteiger partial charge in [0.05, 0.1) is 12.0 Å². The molecule has 136 valence electrons. The maximum absolute atomic E-state index is 9.27. The quantitative estimate of drug-likeness (QED) is 0.428. The molecule has 0 unspecified atom stereocenters. The van der Waals surface area contributed by atoms with Gasteiger partial charge in [0, 0.05) is 37.6 Å². The van der Waals surface area contributed by atoms with Crippen LogP contribution in [0.3, 0.4) is 0 Å². The van der Waals surface area contributed by atoms with Crippen molar-refractivity contribution in [3.63, 3.8) is 0 Å². The van der Waals surface area contributed by atoms with Crippen LogP contribution in [0.1, 0.15) is 29.9 Å². The Hall–Kier alpha value is -2.54. The highest BCUT2D eigenvalue weighted by molar-refractivity contribution is 5.53. The van der Waals surface area contributed by atoms with E-state index < -0.39 is 6.29 Å². The SMILES string of the molecule is CCc1ccccc1CNCCn1cnc(-c2cc(C(O)O)ccn2)c1. The van der Waals surface area contributed by atoms with Crippen LogP contribution in [-0.2, 0) is 19.5 Å². The number of rotatable bonds is 8. The third kappa shape index (κ3) is 4.54. The van der Waals surface area contributed by atoms with Crippen molar-refractivity contribution >= 4 is 0 Å². The van der Waals surface area contributed by atoms with Gasteiger partial charge < -0.3 is 20.1 Å². The number of nitrogens with zero attached hydrogens (tertiary/aromatic N) is 3. The molecule has 0 spiro atoms. The van der Waals surface area contributed by atoms with Crippen LogP contribution in [0.5, 0.6) is 0 Å². The summed E-state index contributed by atoms with van der Waals surface area (Å²) in [7, 11) is 0. The van der Waals surface area contributed by atoms with Gasteiger partial charge in [-0.25, -0.2) is 4.98 Å². The van der Waals surface area contributed by atoms with Gasteiger partial charge in [0.1, 0.15) is 5.69 Å². The fourth-order valence-corrected chi connectivity index (χ4v) is 2.87. The molecule has 2 aromatic heterocycles. The van der Waals surface area contributed by atoms with E-state index in [-0.39, 0.29) is 0 Å². The largest absolute Gasteiger partial charge is 0.364 e. The van der Waals surface area contributed by atoms with Crippen molar-refractivity contribution in [3.05, 3.63) is 71.8 Å². The smallest absolute Gasteiger partial charge is 0.178 e. The molecule has 0 amide bonds. The van der Waals surface area contributed by atoms with Crippen molar-refractivity contribution in [1.29, 1.82) is 0 Å². The lowest BCUT2D eigenvalue weighted by Gasteiger charge is -2.09. The number of hydrogen-bond acceptors (Lipinski definition) is 5. The van der Waals surface area contributed by atoms with Crippen molar-refractivity contribution in [2.45, 2.75) is 32.7 Å². The number of aliphatic hydroxyl groups is 2. The average Bonchev–Trinajstić information content (AvgIpc) is 3.14. The number of aromatic nitrogens is 3. The predicted octanol–water partition coefficient (Wildman–Crippen LogP) is 2.28. The van der Waals surface area contributed by atoms with Crippen molar-refractivity contribution in [2.24, 2.45) is 0 Å². The monoisotopic (exact) mass is 352 g/mol. The minimum absolute atomic E-state index is 0.404. The number of pyridine rings is 1.